The molecule has 0 aromatic carbocycles. The van der Waals surface area contributed by atoms with E-state index in [1.807, 2.05) is 0 Å². The van der Waals surface area contributed by atoms with E-state index in [0.717, 1.165) is 64.2 Å². The molecule has 6 heteroatoms. The average molecular weight is 1020 g/mol. The largest absolute Gasteiger partial charge is 0.462 e. The maximum atomic E-state index is 12.8. The molecular formula is C66H126O6. The number of allylic oxidation sites excluding steroid dienone is 2. The van der Waals surface area contributed by atoms with Gasteiger partial charge in [-0.3, -0.25) is 14.4 Å². The smallest absolute Gasteiger partial charge is 0.306 e. The summed E-state index contributed by atoms with van der Waals surface area (Å²) in [6, 6.07) is 0. The lowest BCUT2D eigenvalue weighted by molar-refractivity contribution is -0.167. The molecule has 426 valence electrons. The molecule has 1 unspecified atom stereocenters. The Labute approximate surface area is 450 Å². The summed E-state index contributed by atoms with van der Waals surface area (Å²) in [5.74, 6) is -0.853. The molecule has 6 nitrogen and oxygen atoms in total. The fraction of sp³-hybridized carbons (Fsp3) is 0.924. The monoisotopic (exact) mass is 1010 g/mol. The Kier molecular flexibility index (Phi) is 60.1. The number of hydrogen-bond acceptors (Lipinski definition) is 6. The maximum Gasteiger partial charge on any atom is 0.306 e. The second-order valence-corrected chi connectivity index (χ2v) is 22.4. The summed E-state index contributed by atoms with van der Waals surface area (Å²) >= 11 is 0. The Morgan fingerprint density at radius 2 is 0.472 bits per heavy atom. The first kappa shape index (κ1) is 70.1. The van der Waals surface area contributed by atoms with Gasteiger partial charge >= 0.3 is 17.9 Å². The van der Waals surface area contributed by atoms with Crippen LogP contribution in [0.4, 0.5) is 0 Å². The summed E-state index contributed by atoms with van der Waals surface area (Å²) in [4.78, 5) is 38.1. The number of hydrogen-bond donors (Lipinski definition) is 0. The Hall–Kier alpha value is -1.85. The van der Waals surface area contributed by atoms with Crippen molar-refractivity contribution in [3.63, 3.8) is 0 Å². The summed E-state index contributed by atoms with van der Waals surface area (Å²) in [6.07, 6.45) is 72.6. The normalized spacial score (nSPS) is 12.0. The molecule has 0 aromatic heterocycles. The third-order valence-electron chi connectivity index (χ3n) is 15.0. The summed E-state index contributed by atoms with van der Waals surface area (Å²) in [6.45, 7) is 6.65. The van der Waals surface area contributed by atoms with Crippen molar-refractivity contribution >= 4 is 17.9 Å². The van der Waals surface area contributed by atoms with E-state index in [0.29, 0.717) is 19.3 Å². The van der Waals surface area contributed by atoms with Gasteiger partial charge in [-0.05, 0) is 38.5 Å². The SMILES string of the molecule is CCCC/C=C\CCCCCCCC(=O)OCC(COC(=O)CCCCCCCCCCCCCCCCCCCCCCCCCCCCCCCCC)OC(=O)CCCCCCCCCCCCCC. The second kappa shape index (κ2) is 61.7. The zero-order chi connectivity index (χ0) is 52.2. The predicted octanol–water partition coefficient (Wildman–Crippen LogP) is 22.1. The Bertz CT molecular complexity index is 1120. The van der Waals surface area contributed by atoms with E-state index in [1.54, 1.807) is 0 Å². The molecular weight excluding hydrogens is 889 g/mol. The van der Waals surface area contributed by atoms with E-state index >= 15 is 0 Å². The second-order valence-electron chi connectivity index (χ2n) is 22.4. The Balaban J connectivity index is 4.00. The lowest BCUT2D eigenvalue weighted by atomic mass is 10.0. The van der Waals surface area contributed by atoms with Crippen molar-refractivity contribution in [1.29, 1.82) is 0 Å². The van der Waals surface area contributed by atoms with Gasteiger partial charge in [0, 0.05) is 19.3 Å². The fourth-order valence-corrected chi connectivity index (χ4v) is 10.1. The molecule has 0 aliphatic heterocycles. The highest BCUT2D eigenvalue weighted by molar-refractivity contribution is 5.71. The molecule has 0 saturated carbocycles. The van der Waals surface area contributed by atoms with Crippen LogP contribution in [0.25, 0.3) is 0 Å². The van der Waals surface area contributed by atoms with Crippen molar-refractivity contribution in [3.05, 3.63) is 12.2 Å². The summed E-state index contributed by atoms with van der Waals surface area (Å²) < 4.78 is 16.9. The van der Waals surface area contributed by atoms with E-state index < -0.39 is 6.10 Å². The molecule has 0 rings (SSSR count). The third kappa shape index (κ3) is 59.0. The number of unbranched alkanes of at least 4 members (excludes halogenated alkanes) is 48. The van der Waals surface area contributed by atoms with Crippen molar-refractivity contribution in [2.45, 2.75) is 380 Å². The van der Waals surface area contributed by atoms with Crippen molar-refractivity contribution < 1.29 is 28.6 Å². The molecule has 0 heterocycles. The van der Waals surface area contributed by atoms with Crippen LogP contribution in [-0.2, 0) is 28.6 Å². The van der Waals surface area contributed by atoms with Crippen LogP contribution < -0.4 is 0 Å². The molecule has 0 aliphatic rings. The minimum atomic E-state index is -0.767. The van der Waals surface area contributed by atoms with Crippen LogP contribution in [0.2, 0.25) is 0 Å². The highest BCUT2D eigenvalue weighted by Gasteiger charge is 2.19. The van der Waals surface area contributed by atoms with Crippen LogP contribution in [0, 0.1) is 0 Å². The first-order chi connectivity index (χ1) is 35.5. The highest BCUT2D eigenvalue weighted by atomic mass is 16.6. The maximum absolute atomic E-state index is 12.8. The van der Waals surface area contributed by atoms with Crippen molar-refractivity contribution in [2.24, 2.45) is 0 Å². The number of carbonyl (C=O) groups excluding carboxylic acids is 3. The van der Waals surface area contributed by atoms with Gasteiger partial charge in [0.25, 0.3) is 0 Å². The first-order valence-electron chi connectivity index (χ1n) is 32.7. The Morgan fingerprint density at radius 3 is 0.736 bits per heavy atom. The first-order valence-corrected chi connectivity index (χ1v) is 32.7. The number of rotatable bonds is 61. The van der Waals surface area contributed by atoms with E-state index in [2.05, 4.69) is 32.9 Å². The van der Waals surface area contributed by atoms with Crippen molar-refractivity contribution in [1.82, 2.24) is 0 Å². The van der Waals surface area contributed by atoms with Crippen LogP contribution in [-0.4, -0.2) is 37.2 Å². The van der Waals surface area contributed by atoms with Gasteiger partial charge in [0.1, 0.15) is 13.2 Å². The topological polar surface area (TPSA) is 78.9 Å². The van der Waals surface area contributed by atoms with Crippen LogP contribution in [0.5, 0.6) is 0 Å². The summed E-state index contributed by atoms with van der Waals surface area (Å²) in [7, 11) is 0. The quantitative estimate of drug-likeness (QED) is 0.0261. The molecule has 0 saturated heterocycles. The zero-order valence-corrected chi connectivity index (χ0v) is 49.0. The van der Waals surface area contributed by atoms with Gasteiger partial charge in [-0.25, -0.2) is 0 Å². The fourth-order valence-electron chi connectivity index (χ4n) is 10.1. The predicted molar refractivity (Wildman–Crippen MR) is 312 cm³/mol. The van der Waals surface area contributed by atoms with Crippen molar-refractivity contribution in [3.8, 4) is 0 Å². The van der Waals surface area contributed by atoms with Gasteiger partial charge in [0.05, 0.1) is 0 Å². The van der Waals surface area contributed by atoms with Crippen molar-refractivity contribution in [2.75, 3.05) is 13.2 Å². The van der Waals surface area contributed by atoms with Gasteiger partial charge in [0.2, 0.25) is 0 Å². The molecule has 0 N–H and O–H groups in total. The molecule has 72 heavy (non-hydrogen) atoms. The molecule has 0 spiro atoms. The van der Waals surface area contributed by atoms with Gasteiger partial charge < -0.3 is 14.2 Å². The lowest BCUT2D eigenvalue weighted by Crippen LogP contribution is -2.30. The number of ether oxygens (including phenoxy) is 3. The van der Waals surface area contributed by atoms with Gasteiger partial charge in [-0.15, -0.1) is 0 Å². The minimum Gasteiger partial charge on any atom is -0.462 e. The van der Waals surface area contributed by atoms with Gasteiger partial charge in [0.15, 0.2) is 6.10 Å². The molecule has 0 aliphatic carbocycles. The van der Waals surface area contributed by atoms with Gasteiger partial charge in [-0.1, -0.05) is 328 Å². The van der Waals surface area contributed by atoms with E-state index in [4.69, 9.17) is 14.2 Å². The van der Waals surface area contributed by atoms with Crippen LogP contribution in [0.1, 0.15) is 374 Å². The van der Waals surface area contributed by atoms with E-state index in [1.165, 1.54) is 270 Å². The lowest BCUT2D eigenvalue weighted by Gasteiger charge is -2.18. The molecule has 1 atom stereocenters. The third-order valence-corrected chi connectivity index (χ3v) is 15.0. The average Bonchev–Trinajstić information content (AvgIpc) is 3.38. The van der Waals surface area contributed by atoms with E-state index in [-0.39, 0.29) is 31.1 Å². The minimum absolute atomic E-state index is 0.0667. The highest BCUT2D eigenvalue weighted by Crippen LogP contribution is 2.19. The Morgan fingerprint density at radius 1 is 0.264 bits per heavy atom. The molecule has 0 aromatic rings. The van der Waals surface area contributed by atoms with Crippen LogP contribution >= 0.6 is 0 Å². The van der Waals surface area contributed by atoms with E-state index in [9.17, 15) is 14.4 Å². The standard InChI is InChI=1S/C66H126O6/c1-4-7-10-13-16-19-22-24-25-26-27-28-29-30-31-32-33-34-35-36-37-38-39-40-41-42-45-47-50-53-56-59-65(68)71-62-63(61-70-64(67)58-55-52-49-46-43-21-18-15-12-9-6-3)72-66(69)60-57-54-51-48-44-23-20-17-14-11-8-5-2/h15,18,63H,4-14,16-17,19-62H2,1-3H3/b18-15-. The zero-order valence-electron chi connectivity index (χ0n) is 49.0. The molecule has 0 bridgehead atoms. The summed E-state index contributed by atoms with van der Waals surface area (Å²) in [5, 5.41) is 0. The summed E-state index contributed by atoms with van der Waals surface area (Å²) in [5.41, 5.74) is 0. The molecule has 0 amide bonds. The molecule has 0 radical (unpaired) electrons. The van der Waals surface area contributed by atoms with Gasteiger partial charge in [-0.2, -0.15) is 0 Å². The number of esters is 3. The van der Waals surface area contributed by atoms with Crippen LogP contribution in [0.3, 0.4) is 0 Å². The van der Waals surface area contributed by atoms with Crippen LogP contribution in [0.15, 0.2) is 12.2 Å². The number of carbonyl (C=O) groups is 3. The molecule has 0 fully saturated rings.